The van der Waals surface area contributed by atoms with E-state index in [9.17, 15) is 14.3 Å². The van der Waals surface area contributed by atoms with E-state index in [0.717, 1.165) is 25.9 Å². The molecule has 1 aliphatic rings. The first-order valence-electron chi connectivity index (χ1n) is 8.26. The van der Waals surface area contributed by atoms with Crippen LogP contribution in [0.5, 0.6) is 5.88 Å². The van der Waals surface area contributed by atoms with E-state index in [0.29, 0.717) is 11.4 Å². The average molecular weight is 402 g/mol. The molecule has 1 aromatic heterocycles. The number of ether oxygens (including phenoxy) is 1. The van der Waals surface area contributed by atoms with Crippen molar-refractivity contribution in [2.75, 3.05) is 18.0 Å². The zero-order chi connectivity index (χ0) is 18.9. The van der Waals surface area contributed by atoms with Crippen LogP contribution >= 0.6 is 11.6 Å². The van der Waals surface area contributed by atoms with Crippen LogP contribution in [-0.4, -0.2) is 34.6 Å². The Morgan fingerprint density at radius 1 is 1.26 bits per heavy atom. The Hall–Kier alpha value is -1.41. The Morgan fingerprint density at radius 3 is 2.52 bits per heavy atom. The van der Waals surface area contributed by atoms with Gasteiger partial charge in [-0.15, -0.1) is 0 Å². The summed E-state index contributed by atoms with van der Waals surface area (Å²) in [4.78, 5) is 22.0. The number of carboxylic acid groups (broad SMARTS) is 1. The maximum absolute atomic E-state index is 13.8. The van der Waals surface area contributed by atoms with Gasteiger partial charge in [0, 0.05) is 24.7 Å². The normalized spacial score (nSPS) is 14.0. The maximum Gasteiger partial charge on any atom is 1.00 e. The van der Waals surface area contributed by atoms with E-state index in [-0.39, 0.29) is 46.3 Å². The summed E-state index contributed by atoms with van der Waals surface area (Å²) in [6.07, 6.45) is 2.07. The third-order valence-electron chi connectivity index (χ3n) is 4.15. The molecule has 138 valence electrons. The van der Waals surface area contributed by atoms with Gasteiger partial charge in [0.25, 0.3) is 0 Å². The molecule has 0 amide bonds. The summed E-state index contributed by atoms with van der Waals surface area (Å²) >= 11 is 5.74. The van der Waals surface area contributed by atoms with Crippen molar-refractivity contribution in [3.05, 3.63) is 35.1 Å². The van der Waals surface area contributed by atoms with E-state index in [2.05, 4.69) is 14.9 Å². The van der Waals surface area contributed by atoms with Crippen LogP contribution in [0.3, 0.4) is 0 Å². The minimum absolute atomic E-state index is 0. The van der Waals surface area contributed by atoms with Crippen LogP contribution in [-0.2, 0) is 4.79 Å². The molecule has 6 nitrogen and oxygen atoms in total. The smallest absolute Gasteiger partial charge is 0.546 e. The van der Waals surface area contributed by atoms with Crippen molar-refractivity contribution < 1.29 is 48.6 Å². The van der Waals surface area contributed by atoms with Gasteiger partial charge in [0.1, 0.15) is 17.2 Å². The van der Waals surface area contributed by atoms with Crippen molar-refractivity contribution >= 4 is 23.4 Å². The Labute approximate surface area is 184 Å². The fourth-order valence-electron chi connectivity index (χ4n) is 2.64. The SMILES string of the molecule is CC(C)(Oc1cc(N2CCCC2)nc(-c2ccc(Cl)c(F)c2)n1)C(=O)[O-].[Na+]. The van der Waals surface area contributed by atoms with Crippen molar-refractivity contribution in [2.45, 2.75) is 32.3 Å². The maximum atomic E-state index is 13.8. The van der Waals surface area contributed by atoms with Gasteiger partial charge in [-0.1, -0.05) is 11.6 Å². The minimum atomic E-state index is -1.57. The van der Waals surface area contributed by atoms with E-state index in [1.54, 1.807) is 12.1 Å². The molecule has 2 heterocycles. The molecule has 0 spiro atoms. The number of carbonyl (C=O) groups excluding carboxylic acids is 1. The van der Waals surface area contributed by atoms with Crippen LogP contribution in [0.4, 0.5) is 10.2 Å². The number of carboxylic acids is 1. The number of rotatable bonds is 5. The molecule has 3 rings (SSSR count). The summed E-state index contributed by atoms with van der Waals surface area (Å²) in [5, 5.41) is 11.2. The summed E-state index contributed by atoms with van der Waals surface area (Å²) in [6.45, 7) is 4.41. The molecule has 0 radical (unpaired) electrons. The number of nitrogens with zero attached hydrogens (tertiary/aromatic N) is 3. The third kappa shape index (κ3) is 5.10. The van der Waals surface area contributed by atoms with Gasteiger partial charge < -0.3 is 19.5 Å². The van der Waals surface area contributed by atoms with Gasteiger partial charge in [0.15, 0.2) is 5.82 Å². The fraction of sp³-hybridized carbons (Fsp3) is 0.389. The molecule has 2 aromatic rings. The fourth-order valence-corrected chi connectivity index (χ4v) is 2.76. The summed E-state index contributed by atoms with van der Waals surface area (Å²) in [6, 6.07) is 5.84. The molecular weight excluding hydrogens is 384 g/mol. The number of hydrogen-bond donors (Lipinski definition) is 0. The number of halogens is 2. The zero-order valence-electron chi connectivity index (χ0n) is 15.5. The second kappa shape index (κ2) is 8.73. The predicted molar refractivity (Wildman–Crippen MR) is 93.6 cm³/mol. The molecule has 1 aliphatic heterocycles. The van der Waals surface area contributed by atoms with Crippen LogP contribution in [0, 0.1) is 5.82 Å². The molecule has 1 aromatic carbocycles. The third-order valence-corrected chi connectivity index (χ3v) is 4.45. The number of aromatic nitrogens is 2. The topological polar surface area (TPSA) is 78.4 Å². The second-order valence-corrected chi connectivity index (χ2v) is 7.02. The molecule has 1 saturated heterocycles. The Morgan fingerprint density at radius 2 is 1.93 bits per heavy atom. The van der Waals surface area contributed by atoms with E-state index in [1.807, 2.05) is 0 Å². The van der Waals surface area contributed by atoms with Gasteiger partial charge in [-0.2, -0.15) is 4.98 Å². The Kier molecular flexibility index (Phi) is 7.08. The summed E-state index contributed by atoms with van der Waals surface area (Å²) in [5.74, 6) is -1.03. The molecule has 0 atom stereocenters. The quantitative estimate of drug-likeness (QED) is 0.625. The molecule has 0 saturated carbocycles. The van der Waals surface area contributed by atoms with Crippen molar-refractivity contribution in [3.63, 3.8) is 0 Å². The molecular formula is C18H18ClFN3NaO3. The first-order chi connectivity index (χ1) is 12.3. The second-order valence-electron chi connectivity index (χ2n) is 6.61. The van der Waals surface area contributed by atoms with Crippen LogP contribution in [0.1, 0.15) is 26.7 Å². The standard InChI is InChI=1S/C18H19ClFN3O3.Na/c1-18(2,17(24)25)26-15-10-14(23-7-3-4-8-23)21-16(22-15)11-5-6-12(19)13(20)9-11;/h5-6,9-10H,3-4,7-8H2,1-2H3,(H,24,25);/q;+1/p-1. The van der Waals surface area contributed by atoms with Gasteiger partial charge in [0.05, 0.1) is 11.0 Å². The largest absolute Gasteiger partial charge is 1.00 e. The van der Waals surface area contributed by atoms with Crippen molar-refractivity contribution in [1.82, 2.24) is 9.97 Å². The van der Waals surface area contributed by atoms with Crippen LogP contribution < -0.4 is 44.3 Å². The van der Waals surface area contributed by atoms with Crippen LogP contribution in [0.2, 0.25) is 5.02 Å². The number of benzene rings is 1. The molecule has 0 bridgehead atoms. The van der Waals surface area contributed by atoms with E-state index in [1.165, 1.54) is 26.0 Å². The summed E-state index contributed by atoms with van der Waals surface area (Å²) in [7, 11) is 0. The number of anilines is 1. The molecule has 0 unspecified atom stereocenters. The number of hydrogen-bond acceptors (Lipinski definition) is 6. The predicted octanol–water partition coefficient (Wildman–Crippen LogP) is -0.552. The Balaban J connectivity index is 0.00000261. The Bertz CT molecular complexity index is 845. The van der Waals surface area contributed by atoms with Gasteiger partial charge in [-0.05, 0) is 44.9 Å². The van der Waals surface area contributed by atoms with Crippen molar-refractivity contribution in [3.8, 4) is 17.3 Å². The van der Waals surface area contributed by atoms with Gasteiger partial charge in [-0.25, -0.2) is 9.37 Å². The molecule has 1 fully saturated rings. The van der Waals surface area contributed by atoms with E-state index >= 15 is 0 Å². The first-order valence-corrected chi connectivity index (χ1v) is 8.64. The van der Waals surface area contributed by atoms with Crippen LogP contribution in [0.15, 0.2) is 24.3 Å². The van der Waals surface area contributed by atoms with Crippen molar-refractivity contribution in [2.24, 2.45) is 0 Å². The van der Waals surface area contributed by atoms with E-state index in [4.69, 9.17) is 16.3 Å². The summed E-state index contributed by atoms with van der Waals surface area (Å²) < 4.78 is 19.3. The summed E-state index contributed by atoms with van der Waals surface area (Å²) in [5.41, 5.74) is -1.15. The molecule has 0 aliphatic carbocycles. The van der Waals surface area contributed by atoms with Gasteiger partial charge in [0.2, 0.25) is 5.88 Å². The van der Waals surface area contributed by atoms with Crippen LogP contribution in [0.25, 0.3) is 11.4 Å². The molecule has 9 heteroatoms. The number of carbonyl (C=O) groups is 1. The van der Waals surface area contributed by atoms with E-state index < -0.39 is 17.4 Å². The first kappa shape index (κ1) is 21.9. The molecule has 27 heavy (non-hydrogen) atoms. The van der Waals surface area contributed by atoms with Crippen molar-refractivity contribution in [1.29, 1.82) is 0 Å². The average Bonchev–Trinajstić information content (AvgIpc) is 3.11. The van der Waals surface area contributed by atoms with Gasteiger partial charge in [-0.3, -0.25) is 0 Å². The number of aliphatic carboxylic acids is 1. The molecule has 0 N–H and O–H groups in total. The zero-order valence-corrected chi connectivity index (χ0v) is 18.2. The minimum Gasteiger partial charge on any atom is -0.546 e. The van der Waals surface area contributed by atoms with Gasteiger partial charge >= 0.3 is 29.6 Å². The monoisotopic (exact) mass is 401 g/mol.